The SMILES string of the molecule is NC(Cc1ccc(Cl)cc1)Cc1ccc(F)cc1Cl. The maximum absolute atomic E-state index is 12.9. The number of rotatable bonds is 4. The fourth-order valence-electron chi connectivity index (χ4n) is 1.97. The van der Waals surface area contributed by atoms with Crippen molar-refractivity contribution in [3.8, 4) is 0 Å². The monoisotopic (exact) mass is 297 g/mol. The summed E-state index contributed by atoms with van der Waals surface area (Å²) in [5, 5.41) is 1.13. The minimum Gasteiger partial charge on any atom is -0.327 e. The Morgan fingerprint density at radius 3 is 2.32 bits per heavy atom. The molecule has 0 fully saturated rings. The van der Waals surface area contributed by atoms with E-state index in [4.69, 9.17) is 28.9 Å². The van der Waals surface area contributed by atoms with Crippen molar-refractivity contribution in [1.29, 1.82) is 0 Å². The Balaban J connectivity index is 2.01. The highest BCUT2D eigenvalue weighted by atomic mass is 35.5. The van der Waals surface area contributed by atoms with Crippen LogP contribution in [0.25, 0.3) is 0 Å². The Hall–Kier alpha value is -1.09. The zero-order valence-corrected chi connectivity index (χ0v) is 11.8. The summed E-state index contributed by atoms with van der Waals surface area (Å²) in [6.45, 7) is 0. The van der Waals surface area contributed by atoms with Crippen molar-refractivity contribution in [1.82, 2.24) is 0 Å². The number of nitrogens with two attached hydrogens (primary N) is 1. The van der Waals surface area contributed by atoms with Gasteiger partial charge in [-0.25, -0.2) is 4.39 Å². The third-order valence-corrected chi connectivity index (χ3v) is 3.51. The lowest BCUT2D eigenvalue weighted by molar-refractivity contribution is 0.623. The van der Waals surface area contributed by atoms with Gasteiger partial charge in [-0.05, 0) is 48.2 Å². The van der Waals surface area contributed by atoms with Gasteiger partial charge in [-0.3, -0.25) is 0 Å². The first-order valence-corrected chi connectivity index (χ1v) is 6.74. The lowest BCUT2D eigenvalue weighted by atomic mass is 10.00. The summed E-state index contributed by atoms with van der Waals surface area (Å²) in [6.07, 6.45) is 1.34. The van der Waals surface area contributed by atoms with Gasteiger partial charge < -0.3 is 5.73 Å². The Morgan fingerprint density at radius 1 is 1.00 bits per heavy atom. The highest BCUT2D eigenvalue weighted by molar-refractivity contribution is 6.31. The predicted octanol–water partition coefficient (Wildman–Crippen LogP) is 4.25. The molecule has 0 spiro atoms. The molecule has 1 unspecified atom stereocenters. The lowest BCUT2D eigenvalue weighted by Gasteiger charge is -2.13. The summed E-state index contributed by atoms with van der Waals surface area (Å²) in [5.41, 5.74) is 8.08. The fourth-order valence-corrected chi connectivity index (χ4v) is 2.34. The molecule has 0 aliphatic carbocycles. The quantitative estimate of drug-likeness (QED) is 0.897. The van der Waals surface area contributed by atoms with E-state index in [1.165, 1.54) is 12.1 Å². The van der Waals surface area contributed by atoms with E-state index in [0.717, 1.165) is 17.5 Å². The van der Waals surface area contributed by atoms with Crippen LogP contribution in [0.4, 0.5) is 4.39 Å². The fraction of sp³-hybridized carbons (Fsp3) is 0.200. The summed E-state index contributed by atoms with van der Waals surface area (Å²) >= 11 is 11.8. The molecule has 0 saturated heterocycles. The van der Waals surface area contributed by atoms with Gasteiger partial charge >= 0.3 is 0 Å². The van der Waals surface area contributed by atoms with Crippen LogP contribution >= 0.6 is 23.2 Å². The molecule has 0 radical (unpaired) electrons. The van der Waals surface area contributed by atoms with Gasteiger partial charge in [0.15, 0.2) is 0 Å². The Labute approximate surface area is 122 Å². The molecule has 0 bridgehead atoms. The number of halogens is 3. The van der Waals surface area contributed by atoms with Gasteiger partial charge in [-0.1, -0.05) is 41.4 Å². The van der Waals surface area contributed by atoms with E-state index in [2.05, 4.69) is 0 Å². The molecular weight excluding hydrogens is 284 g/mol. The van der Waals surface area contributed by atoms with Gasteiger partial charge in [0.05, 0.1) is 0 Å². The molecule has 4 heteroatoms. The molecule has 2 aromatic carbocycles. The van der Waals surface area contributed by atoms with E-state index in [-0.39, 0.29) is 11.9 Å². The normalized spacial score (nSPS) is 12.4. The third-order valence-electron chi connectivity index (χ3n) is 2.91. The second kappa shape index (κ2) is 6.38. The van der Waals surface area contributed by atoms with Crippen molar-refractivity contribution in [3.05, 3.63) is 69.5 Å². The first kappa shape index (κ1) is 14.3. The molecule has 0 aliphatic heterocycles. The van der Waals surface area contributed by atoms with Crippen LogP contribution in [-0.2, 0) is 12.8 Å². The number of hydrogen-bond acceptors (Lipinski definition) is 1. The van der Waals surface area contributed by atoms with Gasteiger partial charge in [-0.15, -0.1) is 0 Å². The Bertz CT molecular complexity index is 555. The van der Waals surface area contributed by atoms with E-state index in [9.17, 15) is 4.39 Å². The van der Waals surface area contributed by atoms with E-state index >= 15 is 0 Å². The van der Waals surface area contributed by atoms with Crippen LogP contribution < -0.4 is 5.73 Å². The molecule has 1 nitrogen and oxygen atoms in total. The third kappa shape index (κ3) is 4.20. The maximum Gasteiger partial charge on any atom is 0.124 e. The Morgan fingerprint density at radius 2 is 1.68 bits per heavy atom. The average Bonchev–Trinajstić information content (AvgIpc) is 2.36. The predicted molar refractivity (Wildman–Crippen MR) is 78.2 cm³/mol. The second-order valence-corrected chi connectivity index (χ2v) is 5.37. The molecule has 0 aliphatic rings. The van der Waals surface area contributed by atoms with Crippen molar-refractivity contribution in [3.63, 3.8) is 0 Å². The van der Waals surface area contributed by atoms with E-state index in [0.29, 0.717) is 16.5 Å². The molecule has 0 amide bonds. The maximum atomic E-state index is 12.9. The molecular formula is C15H14Cl2FN. The van der Waals surface area contributed by atoms with E-state index in [1.807, 2.05) is 24.3 Å². The van der Waals surface area contributed by atoms with E-state index < -0.39 is 0 Å². The summed E-state index contributed by atoms with van der Waals surface area (Å²) in [7, 11) is 0. The molecule has 1 atom stereocenters. The minimum atomic E-state index is -0.333. The summed E-state index contributed by atoms with van der Waals surface area (Å²) < 4.78 is 12.9. The van der Waals surface area contributed by atoms with Crippen molar-refractivity contribution < 1.29 is 4.39 Å². The molecule has 0 heterocycles. The van der Waals surface area contributed by atoms with E-state index in [1.54, 1.807) is 6.07 Å². The van der Waals surface area contributed by atoms with Crippen LogP contribution in [0.5, 0.6) is 0 Å². The summed E-state index contributed by atoms with van der Waals surface area (Å²) in [4.78, 5) is 0. The molecule has 2 rings (SSSR count). The van der Waals surface area contributed by atoms with Crippen molar-refractivity contribution in [2.24, 2.45) is 5.73 Å². The van der Waals surface area contributed by atoms with Crippen LogP contribution in [0.3, 0.4) is 0 Å². The molecule has 19 heavy (non-hydrogen) atoms. The smallest absolute Gasteiger partial charge is 0.124 e. The molecule has 0 saturated carbocycles. The van der Waals surface area contributed by atoms with Gasteiger partial charge in [-0.2, -0.15) is 0 Å². The average molecular weight is 298 g/mol. The van der Waals surface area contributed by atoms with Gasteiger partial charge in [0.1, 0.15) is 5.82 Å². The van der Waals surface area contributed by atoms with Gasteiger partial charge in [0, 0.05) is 16.1 Å². The highest BCUT2D eigenvalue weighted by Gasteiger charge is 2.09. The Kier molecular flexibility index (Phi) is 4.81. The van der Waals surface area contributed by atoms with Crippen molar-refractivity contribution in [2.45, 2.75) is 18.9 Å². The lowest BCUT2D eigenvalue weighted by Crippen LogP contribution is -2.25. The van der Waals surface area contributed by atoms with Crippen LogP contribution in [0.2, 0.25) is 10.0 Å². The van der Waals surface area contributed by atoms with Crippen LogP contribution in [0.15, 0.2) is 42.5 Å². The minimum absolute atomic E-state index is 0.0656. The van der Waals surface area contributed by atoms with Crippen LogP contribution in [0, 0.1) is 5.82 Å². The zero-order chi connectivity index (χ0) is 13.8. The molecule has 2 N–H and O–H groups in total. The van der Waals surface area contributed by atoms with Gasteiger partial charge in [0.2, 0.25) is 0 Å². The number of benzene rings is 2. The largest absolute Gasteiger partial charge is 0.327 e. The van der Waals surface area contributed by atoms with Crippen molar-refractivity contribution in [2.75, 3.05) is 0 Å². The molecule has 0 aromatic heterocycles. The zero-order valence-electron chi connectivity index (χ0n) is 10.2. The first-order chi connectivity index (χ1) is 9.04. The standard InChI is InChI=1S/C15H14Cl2FN/c16-12-4-1-10(2-5-12)7-14(19)8-11-3-6-13(18)9-15(11)17/h1-6,9,14H,7-8,19H2. The van der Waals surface area contributed by atoms with Crippen LogP contribution in [0.1, 0.15) is 11.1 Å². The van der Waals surface area contributed by atoms with Gasteiger partial charge in [0.25, 0.3) is 0 Å². The highest BCUT2D eigenvalue weighted by Crippen LogP contribution is 2.19. The first-order valence-electron chi connectivity index (χ1n) is 5.98. The van der Waals surface area contributed by atoms with Crippen LogP contribution in [-0.4, -0.2) is 6.04 Å². The topological polar surface area (TPSA) is 26.0 Å². The second-order valence-electron chi connectivity index (χ2n) is 4.53. The number of hydrogen-bond donors (Lipinski definition) is 1. The summed E-state index contributed by atoms with van der Waals surface area (Å²) in [5.74, 6) is -0.333. The molecule has 100 valence electrons. The van der Waals surface area contributed by atoms with Crippen molar-refractivity contribution >= 4 is 23.2 Å². The molecule has 2 aromatic rings. The summed E-state index contributed by atoms with van der Waals surface area (Å²) in [6, 6.07) is 11.9.